The summed E-state index contributed by atoms with van der Waals surface area (Å²) in [6.07, 6.45) is 8.29. The first-order valence-electron chi connectivity index (χ1n) is 9.06. The molecule has 1 nitrogen and oxygen atoms in total. The van der Waals surface area contributed by atoms with E-state index in [0.717, 1.165) is 36.2 Å². The molecule has 0 bridgehead atoms. The predicted molar refractivity (Wildman–Crippen MR) is 91.1 cm³/mol. The lowest BCUT2D eigenvalue weighted by Crippen LogP contribution is -2.25. The number of allylic oxidation sites excluding steroid dienone is 3. The summed E-state index contributed by atoms with van der Waals surface area (Å²) in [6.45, 7) is 9.64. The van der Waals surface area contributed by atoms with E-state index in [1.54, 1.807) is 6.08 Å². The van der Waals surface area contributed by atoms with Crippen LogP contribution in [0.1, 0.15) is 58.3 Å². The maximum Gasteiger partial charge on any atom is 0.573 e. The second-order valence-corrected chi connectivity index (χ2v) is 7.55. The summed E-state index contributed by atoms with van der Waals surface area (Å²) < 4.78 is 40.0. The Kier molecular flexibility index (Phi) is 6.59. The zero-order chi connectivity index (χ0) is 17.7. The van der Waals surface area contributed by atoms with Crippen LogP contribution in [0.25, 0.3) is 0 Å². The summed E-state index contributed by atoms with van der Waals surface area (Å²) in [7, 11) is 0. The minimum absolute atomic E-state index is 0.374. The summed E-state index contributed by atoms with van der Waals surface area (Å²) in [4.78, 5) is 0. The zero-order valence-corrected chi connectivity index (χ0v) is 14.6. The Balaban J connectivity index is 1.75. The standard InChI is InChI=1S/C20H29F3O/c1-14-4-8-18(9-5-14)19-12-10-17(11-13-19)15(2)6-7-16(3)24-20(21,22)23/h6-7,14,17-19H,2-5,8-13H2,1H3/b7-6-. The van der Waals surface area contributed by atoms with E-state index < -0.39 is 12.1 Å². The molecule has 2 rings (SSSR count). The molecular formula is C20H29F3O. The summed E-state index contributed by atoms with van der Waals surface area (Å²) in [5.74, 6) is 2.57. The van der Waals surface area contributed by atoms with Gasteiger partial charge in [0.15, 0.2) is 0 Å². The van der Waals surface area contributed by atoms with Gasteiger partial charge in [-0.2, -0.15) is 0 Å². The Bertz CT molecular complexity index is 462. The van der Waals surface area contributed by atoms with E-state index in [1.165, 1.54) is 44.6 Å². The van der Waals surface area contributed by atoms with Crippen molar-refractivity contribution in [1.82, 2.24) is 0 Å². The first-order valence-corrected chi connectivity index (χ1v) is 9.06. The van der Waals surface area contributed by atoms with Crippen LogP contribution in [-0.2, 0) is 4.74 Å². The molecule has 0 atom stereocenters. The number of rotatable bonds is 5. The summed E-state index contributed by atoms with van der Waals surface area (Å²) >= 11 is 0. The van der Waals surface area contributed by atoms with E-state index in [4.69, 9.17) is 0 Å². The molecule has 0 aromatic heterocycles. The third kappa shape index (κ3) is 6.03. The summed E-state index contributed by atoms with van der Waals surface area (Å²) in [6, 6.07) is 0. The van der Waals surface area contributed by atoms with Crippen molar-refractivity contribution in [3.05, 3.63) is 36.6 Å². The Morgan fingerprint density at radius 2 is 1.38 bits per heavy atom. The first kappa shape index (κ1) is 19.1. The molecule has 2 aliphatic rings. The summed E-state index contributed by atoms with van der Waals surface area (Å²) in [5.41, 5.74) is 0.887. The van der Waals surface area contributed by atoms with Gasteiger partial charge < -0.3 is 4.74 Å². The highest BCUT2D eigenvalue weighted by Crippen LogP contribution is 2.42. The van der Waals surface area contributed by atoms with Crippen LogP contribution in [0.2, 0.25) is 0 Å². The molecule has 0 radical (unpaired) electrons. The SMILES string of the molecule is C=C(/C=C\C(=C)C1CCC(C2CCC(C)CC2)CC1)OC(F)(F)F. The fourth-order valence-corrected chi connectivity index (χ4v) is 4.24. The van der Waals surface area contributed by atoms with Crippen LogP contribution < -0.4 is 0 Å². The van der Waals surface area contributed by atoms with Gasteiger partial charge >= 0.3 is 6.36 Å². The molecule has 0 unspecified atom stereocenters. The van der Waals surface area contributed by atoms with Crippen LogP contribution in [0.5, 0.6) is 0 Å². The van der Waals surface area contributed by atoms with Crippen LogP contribution in [0, 0.1) is 23.7 Å². The van der Waals surface area contributed by atoms with E-state index in [1.807, 2.05) is 0 Å². The van der Waals surface area contributed by atoms with Gasteiger partial charge in [-0.15, -0.1) is 13.2 Å². The molecule has 0 amide bonds. The average molecular weight is 342 g/mol. The maximum absolute atomic E-state index is 12.1. The third-order valence-corrected chi connectivity index (χ3v) is 5.75. The molecule has 2 aliphatic carbocycles. The summed E-state index contributed by atoms with van der Waals surface area (Å²) in [5, 5.41) is 0. The topological polar surface area (TPSA) is 9.23 Å². The minimum Gasteiger partial charge on any atom is -0.406 e. The monoisotopic (exact) mass is 342 g/mol. The average Bonchev–Trinajstić information content (AvgIpc) is 2.52. The molecule has 0 aliphatic heterocycles. The molecule has 4 heteroatoms. The number of alkyl halides is 3. The Hall–Kier alpha value is -1.19. The molecule has 0 saturated heterocycles. The number of halogens is 3. The number of ether oxygens (including phenoxy) is 1. The minimum atomic E-state index is -4.68. The highest BCUT2D eigenvalue weighted by atomic mass is 19.4. The molecular weight excluding hydrogens is 313 g/mol. The van der Waals surface area contributed by atoms with Crippen molar-refractivity contribution in [3.63, 3.8) is 0 Å². The highest BCUT2D eigenvalue weighted by Gasteiger charge is 2.31. The highest BCUT2D eigenvalue weighted by molar-refractivity contribution is 5.24. The van der Waals surface area contributed by atoms with Crippen molar-refractivity contribution in [2.75, 3.05) is 0 Å². The molecule has 0 heterocycles. The molecule has 0 aromatic rings. The van der Waals surface area contributed by atoms with Crippen LogP contribution in [0.4, 0.5) is 13.2 Å². The Labute approximate surface area is 143 Å². The molecule has 2 fully saturated rings. The van der Waals surface area contributed by atoms with E-state index >= 15 is 0 Å². The second kappa shape index (κ2) is 8.26. The van der Waals surface area contributed by atoms with Gasteiger partial charge in [-0.05, 0) is 68.3 Å². The van der Waals surface area contributed by atoms with Gasteiger partial charge in [-0.25, -0.2) is 0 Å². The third-order valence-electron chi connectivity index (χ3n) is 5.75. The van der Waals surface area contributed by atoms with Gasteiger partial charge in [-0.3, -0.25) is 0 Å². The molecule has 24 heavy (non-hydrogen) atoms. The van der Waals surface area contributed by atoms with Crippen molar-refractivity contribution in [3.8, 4) is 0 Å². The van der Waals surface area contributed by atoms with E-state index in [0.29, 0.717) is 5.92 Å². The van der Waals surface area contributed by atoms with E-state index in [2.05, 4.69) is 24.8 Å². The van der Waals surface area contributed by atoms with Crippen LogP contribution in [0.15, 0.2) is 36.6 Å². The van der Waals surface area contributed by atoms with Gasteiger partial charge in [0.05, 0.1) is 0 Å². The fourth-order valence-electron chi connectivity index (χ4n) is 4.24. The predicted octanol–water partition coefficient (Wildman–Crippen LogP) is 6.78. The van der Waals surface area contributed by atoms with Gasteiger partial charge in [-0.1, -0.05) is 44.6 Å². The largest absolute Gasteiger partial charge is 0.573 e. The van der Waals surface area contributed by atoms with Crippen molar-refractivity contribution >= 4 is 0 Å². The van der Waals surface area contributed by atoms with Crippen molar-refractivity contribution < 1.29 is 17.9 Å². The van der Waals surface area contributed by atoms with Gasteiger partial charge in [0.2, 0.25) is 0 Å². The van der Waals surface area contributed by atoms with E-state index in [9.17, 15) is 13.2 Å². The smallest absolute Gasteiger partial charge is 0.406 e. The lowest BCUT2D eigenvalue weighted by molar-refractivity contribution is -0.303. The van der Waals surface area contributed by atoms with Gasteiger partial charge in [0.1, 0.15) is 5.76 Å². The van der Waals surface area contributed by atoms with Crippen molar-refractivity contribution in [2.45, 2.75) is 64.7 Å². The molecule has 2 saturated carbocycles. The lowest BCUT2D eigenvalue weighted by Gasteiger charge is -2.37. The maximum atomic E-state index is 12.1. The fraction of sp³-hybridized carbons (Fsp3) is 0.700. The quantitative estimate of drug-likeness (QED) is 0.395. The Morgan fingerprint density at radius 3 is 1.88 bits per heavy atom. The van der Waals surface area contributed by atoms with Crippen molar-refractivity contribution in [2.24, 2.45) is 23.7 Å². The second-order valence-electron chi connectivity index (χ2n) is 7.55. The molecule has 0 aromatic carbocycles. The normalized spacial score (nSPS) is 31.8. The zero-order valence-electron chi connectivity index (χ0n) is 14.6. The van der Waals surface area contributed by atoms with Gasteiger partial charge in [0, 0.05) is 0 Å². The number of hydrogen-bond donors (Lipinski definition) is 0. The molecule has 0 spiro atoms. The van der Waals surface area contributed by atoms with Crippen LogP contribution >= 0.6 is 0 Å². The first-order chi connectivity index (χ1) is 11.2. The van der Waals surface area contributed by atoms with Crippen LogP contribution in [0.3, 0.4) is 0 Å². The molecule has 136 valence electrons. The lowest BCUT2D eigenvalue weighted by atomic mass is 9.68. The molecule has 0 N–H and O–H groups in total. The number of hydrogen-bond acceptors (Lipinski definition) is 1. The van der Waals surface area contributed by atoms with Crippen molar-refractivity contribution in [1.29, 1.82) is 0 Å². The Morgan fingerprint density at radius 1 is 0.875 bits per heavy atom. The van der Waals surface area contributed by atoms with Gasteiger partial charge in [0.25, 0.3) is 0 Å². The van der Waals surface area contributed by atoms with Crippen LogP contribution in [-0.4, -0.2) is 6.36 Å². The van der Waals surface area contributed by atoms with E-state index in [-0.39, 0.29) is 0 Å².